The van der Waals surface area contributed by atoms with Gasteiger partial charge in [-0.1, -0.05) is 5.16 Å². The molecule has 0 unspecified atom stereocenters. The molecule has 1 amide bonds. The number of hydrogen-bond acceptors (Lipinski definition) is 4. The molecule has 0 bridgehead atoms. The zero-order valence-corrected chi connectivity index (χ0v) is 9.09. The van der Waals surface area contributed by atoms with Gasteiger partial charge < -0.3 is 20.3 Å². The fourth-order valence-electron chi connectivity index (χ4n) is 1.24. The van der Waals surface area contributed by atoms with Crippen LogP contribution in [0.2, 0.25) is 0 Å². The lowest BCUT2D eigenvalue weighted by Gasteiger charge is -2.15. The van der Waals surface area contributed by atoms with Gasteiger partial charge in [-0.25, -0.2) is 0 Å². The summed E-state index contributed by atoms with van der Waals surface area (Å²) < 4.78 is 5.11. The SMILES string of the molecule is CN(CC(N)=NO)C(=O)CCc1ccco1. The quantitative estimate of drug-likeness (QED) is 0.329. The molecule has 0 aliphatic rings. The number of nitrogens with two attached hydrogens (primary N) is 1. The van der Waals surface area contributed by atoms with E-state index >= 15 is 0 Å². The third kappa shape index (κ3) is 3.64. The Morgan fingerprint density at radius 3 is 3.00 bits per heavy atom. The van der Waals surface area contributed by atoms with E-state index in [4.69, 9.17) is 15.4 Å². The maximum Gasteiger partial charge on any atom is 0.223 e. The number of carbonyl (C=O) groups is 1. The summed E-state index contributed by atoms with van der Waals surface area (Å²) in [7, 11) is 1.60. The molecular formula is C10H15N3O3. The molecule has 0 atom stereocenters. The molecule has 1 aromatic rings. The number of amides is 1. The first-order chi connectivity index (χ1) is 7.63. The molecule has 0 aromatic carbocycles. The second kappa shape index (κ2) is 5.79. The lowest BCUT2D eigenvalue weighted by atomic mass is 10.2. The van der Waals surface area contributed by atoms with E-state index in [0.29, 0.717) is 12.8 Å². The summed E-state index contributed by atoms with van der Waals surface area (Å²) in [5, 5.41) is 11.2. The molecule has 0 saturated carbocycles. The first-order valence-electron chi connectivity index (χ1n) is 4.86. The van der Waals surface area contributed by atoms with Gasteiger partial charge >= 0.3 is 0 Å². The average molecular weight is 225 g/mol. The minimum absolute atomic E-state index is 0.00819. The lowest BCUT2D eigenvalue weighted by molar-refractivity contribution is -0.129. The van der Waals surface area contributed by atoms with Crippen molar-refractivity contribution in [1.82, 2.24) is 4.90 Å². The molecule has 1 aromatic heterocycles. The highest BCUT2D eigenvalue weighted by molar-refractivity contribution is 5.86. The highest BCUT2D eigenvalue weighted by Crippen LogP contribution is 2.04. The lowest BCUT2D eigenvalue weighted by Crippen LogP contribution is -2.35. The summed E-state index contributed by atoms with van der Waals surface area (Å²) >= 11 is 0. The Labute approximate surface area is 93.3 Å². The van der Waals surface area contributed by atoms with Crippen LogP contribution >= 0.6 is 0 Å². The van der Waals surface area contributed by atoms with Crippen LogP contribution in [0.1, 0.15) is 12.2 Å². The Morgan fingerprint density at radius 2 is 2.44 bits per heavy atom. The Balaban J connectivity index is 2.34. The minimum Gasteiger partial charge on any atom is -0.469 e. The van der Waals surface area contributed by atoms with Gasteiger partial charge in [-0.2, -0.15) is 0 Å². The van der Waals surface area contributed by atoms with Crippen molar-refractivity contribution in [2.75, 3.05) is 13.6 Å². The van der Waals surface area contributed by atoms with Crippen LogP contribution in [0, 0.1) is 0 Å². The summed E-state index contributed by atoms with van der Waals surface area (Å²) in [5.74, 6) is 0.697. The fourth-order valence-corrected chi connectivity index (χ4v) is 1.24. The maximum absolute atomic E-state index is 11.6. The Bertz CT molecular complexity index is 359. The summed E-state index contributed by atoms with van der Waals surface area (Å²) in [6.07, 6.45) is 2.45. The van der Waals surface area contributed by atoms with Gasteiger partial charge in [-0.05, 0) is 12.1 Å². The van der Waals surface area contributed by atoms with Gasteiger partial charge in [0.15, 0.2) is 5.84 Å². The Morgan fingerprint density at radius 1 is 1.69 bits per heavy atom. The zero-order chi connectivity index (χ0) is 12.0. The van der Waals surface area contributed by atoms with Gasteiger partial charge in [-0.3, -0.25) is 4.79 Å². The van der Waals surface area contributed by atoms with Gasteiger partial charge in [0.1, 0.15) is 5.76 Å². The van der Waals surface area contributed by atoms with Crippen LogP contribution in [0.4, 0.5) is 0 Å². The first kappa shape index (κ1) is 12.1. The highest BCUT2D eigenvalue weighted by Gasteiger charge is 2.10. The van der Waals surface area contributed by atoms with Gasteiger partial charge in [0, 0.05) is 19.9 Å². The summed E-state index contributed by atoms with van der Waals surface area (Å²) in [6.45, 7) is 0.119. The van der Waals surface area contributed by atoms with E-state index in [2.05, 4.69) is 5.16 Å². The van der Waals surface area contributed by atoms with Crippen molar-refractivity contribution in [3.05, 3.63) is 24.2 Å². The maximum atomic E-state index is 11.6. The van der Waals surface area contributed by atoms with Crippen LogP contribution in [0.25, 0.3) is 0 Å². The summed E-state index contributed by atoms with van der Waals surface area (Å²) in [4.78, 5) is 13.0. The molecule has 1 heterocycles. The summed E-state index contributed by atoms with van der Waals surface area (Å²) in [6, 6.07) is 3.59. The highest BCUT2D eigenvalue weighted by atomic mass is 16.4. The van der Waals surface area contributed by atoms with E-state index in [1.165, 1.54) is 4.90 Å². The van der Waals surface area contributed by atoms with Crippen LogP contribution in [0.15, 0.2) is 28.0 Å². The van der Waals surface area contributed by atoms with E-state index in [9.17, 15) is 4.79 Å². The van der Waals surface area contributed by atoms with Crippen molar-refractivity contribution >= 4 is 11.7 Å². The molecule has 6 heteroatoms. The van der Waals surface area contributed by atoms with Crippen molar-refractivity contribution in [2.24, 2.45) is 10.9 Å². The molecule has 0 aliphatic carbocycles. The minimum atomic E-state index is -0.0806. The second-order valence-corrected chi connectivity index (χ2v) is 3.42. The average Bonchev–Trinajstić information content (AvgIpc) is 2.78. The van der Waals surface area contributed by atoms with Crippen molar-refractivity contribution in [3.8, 4) is 0 Å². The molecule has 3 N–H and O–H groups in total. The van der Waals surface area contributed by atoms with Gasteiger partial charge in [0.05, 0.1) is 12.8 Å². The first-order valence-corrected chi connectivity index (χ1v) is 4.86. The van der Waals surface area contributed by atoms with Crippen LogP contribution in [0.5, 0.6) is 0 Å². The largest absolute Gasteiger partial charge is 0.469 e. The smallest absolute Gasteiger partial charge is 0.223 e. The van der Waals surface area contributed by atoms with Gasteiger partial charge in [0.25, 0.3) is 0 Å². The molecular weight excluding hydrogens is 210 g/mol. The topological polar surface area (TPSA) is 92.1 Å². The van der Waals surface area contributed by atoms with Crippen molar-refractivity contribution in [2.45, 2.75) is 12.8 Å². The number of hydrogen-bond donors (Lipinski definition) is 2. The van der Waals surface area contributed by atoms with Crippen molar-refractivity contribution in [1.29, 1.82) is 0 Å². The predicted octanol–water partition coefficient (Wildman–Crippen LogP) is 0.417. The van der Waals surface area contributed by atoms with Crippen LogP contribution < -0.4 is 5.73 Å². The molecule has 16 heavy (non-hydrogen) atoms. The fraction of sp³-hybridized carbons (Fsp3) is 0.400. The van der Waals surface area contributed by atoms with E-state index in [1.54, 1.807) is 19.4 Å². The summed E-state index contributed by atoms with van der Waals surface area (Å²) in [5.41, 5.74) is 5.29. The number of nitrogens with zero attached hydrogens (tertiary/aromatic N) is 2. The van der Waals surface area contributed by atoms with E-state index in [-0.39, 0.29) is 18.3 Å². The molecule has 0 saturated heterocycles. The molecule has 88 valence electrons. The second-order valence-electron chi connectivity index (χ2n) is 3.42. The standard InChI is InChI=1S/C10H15N3O3/c1-13(7-9(11)12-15)10(14)5-4-8-3-2-6-16-8/h2-3,6,15H,4-5,7H2,1H3,(H2,11,12). The number of amidine groups is 1. The number of furan rings is 1. The molecule has 0 aliphatic heterocycles. The van der Waals surface area contributed by atoms with Gasteiger partial charge in [0.2, 0.25) is 5.91 Å². The van der Waals surface area contributed by atoms with Crippen LogP contribution in [-0.2, 0) is 11.2 Å². The number of aryl methyl sites for hydroxylation is 1. The van der Waals surface area contributed by atoms with E-state index in [0.717, 1.165) is 5.76 Å². The van der Waals surface area contributed by atoms with Gasteiger partial charge in [-0.15, -0.1) is 0 Å². The number of carbonyl (C=O) groups excluding carboxylic acids is 1. The van der Waals surface area contributed by atoms with E-state index in [1.807, 2.05) is 6.07 Å². The van der Waals surface area contributed by atoms with Crippen LogP contribution in [0.3, 0.4) is 0 Å². The molecule has 6 nitrogen and oxygen atoms in total. The Kier molecular flexibility index (Phi) is 4.38. The molecule has 0 radical (unpaired) electrons. The number of oxime groups is 1. The van der Waals surface area contributed by atoms with Crippen molar-refractivity contribution < 1.29 is 14.4 Å². The molecule has 0 spiro atoms. The number of rotatable bonds is 5. The normalized spacial score (nSPS) is 11.4. The third-order valence-corrected chi connectivity index (χ3v) is 2.12. The van der Waals surface area contributed by atoms with E-state index < -0.39 is 0 Å². The van der Waals surface area contributed by atoms with Crippen LogP contribution in [-0.4, -0.2) is 35.4 Å². The molecule has 1 rings (SSSR count). The number of likely N-dealkylation sites (N-methyl/N-ethyl adjacent to an activating group) is 1. The zero-order valence-electron chi connectivity index (χ0n) is 9.09. The monoisotopic (exact) mass is 225 g/mol. The third-order valence-electron chi connectivity index (χ3n) is 2.12. The predicted molar refractivity (Wildman–Crippen MR) is 58.1 cm³/mol. The molecule has 0 fully saturated rings. The Hall–Kier alpha value is -1.98. The van der Waals surface area contributed by atoms with Crippen molar-refractivity contribution in [3.63, 3.8) is 0 Å².